The average molecular weight is 350 g/mol. The van der Waals surface area contributed by atoms with Crippen LogP contribution in [0.5, 0.6) is 0 Å². The van der Waals surface area contributed by atoms with E-state index in [-0.39, 0.29) is 0 Å². The van der Waals surface area contributed by atoms with Crippen molar-refractivity contribution in [3.8, 4) is 0 Å². The van der Waals surface area contributed by atoms with Crippen molar-refractivity contribution in [3.63, 3.8) is 0 Å². The molecule has 4 rings (SSSR count). The molecule has 0 saturated carbocycles. The molecule has 2 aliphatic heterocycles. The van der Waals surface area contributed by atoms with E-state index in [0.717, 1.165) is 12.6 Å². The SMILES string of the molecule is C=P(C)(C)CC[C@@]12CO[C@@H]([C@H](n3cnc4c(N)ccnc43)O1)[C@@H]2O. The van der Waals surface area contributed by atoms with Gasteiger partial charge in [0.05, 0.1) is 18.6 Å². The normalized spacial score (nSPS) is 32.7. The molecule has 2 aliphatic rings. The van der Waals surface area contributed by atoms with Gasteiger partial charge in [0.25, 0.3) is 0 Å². The summed E-state index contributed by atoms with van der Waals surface area (Å²) in [5.74, 6) is 0. The van der Waals surface area contributed by atoms with Crippen molar-refractivity contribution in [3.05, 3.63) is 18.6 Å². The number of hydrogen-bond acceptors (Lipinski definition) is 6. The van der Waals surface area contributed by atoms with Gasteiger partial charge in [-0.1, -0.05) is 0 Å². The Bertz CT molecular complexity index is 832. The van der Waals surface area contributed by atoms with Crippen LogP contribution in [0.1, 0.15) is 12.6 Å². The lowest BCUT2D eigenvalue weighted by Crippen LogP contribution is -2.41. The van der Waals surface area contributed by atoms with Crippen LogP contribution in [0, 0.1) is 0 Å². The molecule has 2 saturated heterocycles. The second-order valence-electron chi connectivity index (χ2n) is 7.43. The third-order valence-electron chi connectivity index (χ3n) is 4.91. The van der Waals surface area contributed by atoms with Crippen molar-refractivity contribution in [2.24, 2.45) is 0 Å². The van der Waals surface area contributed by atoms with Crippen molar-refractivity contribution in [1.82, 2.24) is 14.5 Å². The smallest absolute Gasteiger partial charge is 0.166 e. The van der Waals surface area contributed by atoms with Gasteiger partial charge >= 0.3 is 0 Å². The van der Waals surface area contributed by atoms with Gasteiger partial charge in [0.1, 0.15) is 23.3 Å². The Morgan fingerprint density at radius 3 is 3.04 bits per heavy atom. The third kappa shape index (κ3) is 2.39. The van der Waals surface area contributed by atoms with Crippen LogP contribution in [0.15, 0.2) is 18.6 Å². The zero-order valence-electron chi connectivity index (χ0n) is 13.9. The van der Waals surface area contributed by atoms with Crippen molar-refractivity contribution >= 4 is 30.0 Å². The Morgan fingerprint density at radius 1 is 1.50 bits per heavy atom. The van der Waals surface area contributed by atoms with Crippen LogP contribution < -0.4 is 5.73 Å². The molecular weight excluding hydrogens is 327 g/mol. The monoisotopic (exact) mass is 350 g/mol. The number of anilines is 1. The molecule has 0 aliphatic carbocycles. The molecule has 2 aromatic rings. The lowest BCUT2D eigenvalue weighted by Gasteiger charge is -2.32. The lowest BCUT2D eigenvalue weighted by molar-refractivity contribution is -0.172. The quantitative estimate of drug-likeness (QED) is 0.803. The summed E-state index contributed by atoms with van der Waals surface area (Å²) in [6.45, 7) is 3.58. The molecule has 0 unspecified atom stereocenters. The number of aliphatic hydroxyl groups is 1. The van der Waals surface area contributed by atoms with E-state index < -0.39 is 30.9 Å². The van der Waals surface area contributed by atoms with Crippen molar-refractivity contribution in [1.29, 1.82) is 0 Å². The number of ether oxygens (including phenoxy) is 2. The number of aliphatic hydroxyl groups excluding tert-OH is 1. The van der Waals surface area contributed by atoms with Crippen LogP contribution in [0.4, 0.5) is 5.69 Å². The van der Waals surface area contributed by atoms with Gasteiger partial charge in [0.2, 0.25) is 0 Å². The van der Waals surface area contributed by atoms with Gasteiger partial charge in [-0.15, -0.1) is 13.2 Å². The number of hydrogen-bond donors (Lipinski definition) is 2. The van der Waals surface area contributed by atoms with Crippen LogP contribution in [-0.4, -0.2) is 69.8 Å². The van der Waals surface area contributed by atoms with Gasteiger partial charge in [-0.3, -0.25) is 4.57 Å². The van der Waals surface area contributed by atoms with Crippen LogP contribution >= 0.6 is 6.89 Å². The number of aromatic nitrogens is 3. The maximum absolute atomic E-state index is 10.7. The number of nitrogens with two attached hydrogens (primary N) is 1. The first-order valence-electron chi connectivity index (χ1n) is 8.03. The molecular formula is C16H23N4O3P. The molecule has 8 heteroatoms. The Morgan fingerprint density at radius 2 is 2.29 bits per heavy atom. The van der Waals surface area contributed by atoms with Gasteiger partial charge in [0, 0.05) is 6.20 Å². The highest BCUT2D eigenvalue weighted by Gasteiger charge is 2.61. The third-order valence-corrected chi connectivity index (χ3v) is 6.35. The topological polar surface area (TPSA) is 95.4 Å². The number of pyridine rings is 1. The molecule has 2 bridgehead atoms. The number of nitrogens with zero attached hydrogens (tertiary/aromatic N) is 3. The predicted molar refractivity (Wildman–Crippen MR) is 95.9 cm³/mol. The molecule has 7 nitrogen and oxygen atoms in total. The summed E-state index contributed by atoms with van der Waals surface area (Å²) < 4.78 is 14.0. The molecule has 130 valence electrons. The first kappa shape index (κ1) is 16.1. The Labute approximate surface area is 140 Å². The maximum atomic E-state index is 10.7. The van der Waals surface area contributed by atoms with Crippen LogP contribution in [-0.2, 0) is 9.47 Å². The molecule has 0 amide bonds. The molecule has 3 N–H and O–H groups in total. The molecule has 4 atom stereocenters. The molecule has 24 heavy (non-hydrogen) atoms. The second kappa shape index (κ2) is 5.30. The minimum Gasteiger partial charge on any atom is -0.397 e. The van der Waals surface area contributed by atoms with Gasteiger partial charge < -0.3 is 20.3 Å². The molecule has 0 aromatic carbocycles. The van der Waals surface area contributed by atoms with E-state index in [1.165, 1.54) is 0 Å². The van der Waals surface area contributed by atoms with Crippen LogP contribution in [0.25, 0.3) is 11.2 Å². The van der Waals surface area contributed by atoms with Gasteiger partial charge in [-0.2, -0.15) is 0 Å². The summed E-state index contributed by atoms with van der Waals surface area (Å²) in [5, 5.41) is 10.7. The van der Waals surface area contributed by atoms with Crippen LogP contribution in [0.2, 0.25) is 0 Å². The highest BCUT2D eigenvalue weighted by Crippen LogP contribution is 2.50. The molecule has 0 radical (unpaired) electrons. The summed E-state index contributed by atoms with van der Waals surface area (Å²) in [6.07, 6.45) is 7.71. The minimum absolute atomic E-state index is 0.414. The maximum Gasteiger partial charge on any atom is 0.166 e. The average Bonchev–Trinajstić information content (AvgIpc) is 3.16. The fourth-order valence-corrected chi connectivity index (χ4v) is 4.47. The minimum atomic E-state index is -1.20. The highest BCUT2D eigenvalue weighted by molar-refractivity contribution is 7.72. The molecule has 2 aromatic heterocycles. The number of nitrogen functional groups attached to an aromatic ring is 1. The van der Waals surface area contributed by atoms with E-state index >= 15 is 0 Å². The number of imidazole rings is 1. The van der Waals surface area contributed by atoms with E-state index in [0.29, 0.717) is 23.5 Å². The van der Waals surface area contributed by atoms with E-state index in [4.69, 9.17) is 15.2 Å². The van der Waals surface area contributed by atoms with Crippen molar-refractivity contribution < 1.29 is 14.6 Å². The second-order valence-corrected chi connectivity index (χ2v) is 11.7. The standard InChI is InChI=1S/C16H23N4O3P/c1-24(2,3)7-5-16-8-22-12(13(16)21)15(23-16)20-9-19-11-10(17)4-6-18-14(11)20/h4,6,9,12-13,15,21H,1,5,7-8H2,2-3H3,(H2,17,18)/t12-,13+,15-,16+/m1/s1. The Hall–Kier alpha value is -1.40. The van der Waals surface area contributed by atoms with Gasteiger partial charge in [0.15, 0.2) is 11.9 Å². The van der Waals surface area contributed by atoms with Gasteiger partial charge in [-0.25, -0.2) is 9.97 Å². The molecule has 4 heterocycles. The summed E-state index contributed by atoms with van der Waals surface area (Å²) in [7, 11) is 0. The zero-order valence-corrected chi connectivity index (χ0v) is 14.8. The summed E-state index contributed by atoms with van der Waals surface area (Å²) in [4.78, 5) is 8.70. The van der Waals surface area contributed by atoms with Crippen LogP contribution in [0.3, 0.4) is 0 Å². The summed E-state index contributed by atoms with van der Waals surface area (Å²) in [5.41, 5.74) is 7.14. The molecule has 0 spiro atoms. The first-order valence-corrected chi connectivity index (χ1v) is 11.1. The summed E-state index contributed by atoms with van der Waals surface area (Å²) >= 11 is 0. The predicted octanol–water partition coefficient (Wildman–Crippen LogP) is 1.14. The fourth-order valence-electron chi connectivity index (χ4n) is 3.49. The Kier molecular flexibility index (Phi) is 3.55. The zero-order chi connectivity index (χ0) is 17.1. The molecule has 2 fully saturated rings. The van der Waals surface area contributed by atoms with Gasteiger partial charge in [-0.05, 0) is 32.0 Å². The number of rotatable bonds is 4. The van der Waals surface area contributed by atoms with E-state index in [1.54, 1.807) is 18.6 Å². The summed E-state index contributed by atoms with van der Waals surface area (Å²) in [6, 6.07) is 1.72. The van der Waals surface area contributed by atoms with E-state index in [1.807, 2.05) is 4.57 Å². The van der Waals surface area contributed by atoms with E-state index in [2.05, 4.69) is 29.6 Å². The van der Waals surface area contributed by atoms with Crippen molar-refractivity contribution in [2.45, 2.75) is 30.5 Å². The van der Waals surface area contributed by atoms with E-state index in [9.17, 15) is 5.11 Å². The lowest BCUT2D eigenvalue weighted by atomic mass is 9.96. The number of fused-ring (bicyclic) bond motifs is 3. The Balaban J connectivity index is 1.66. The fraction of sp³-hybridized carbons (Fsp3) is 0.562. The first-order chi connectivity index (χ1) is 11.3. The van der Waals surface area contributed by atoms with Crippen molar-refractivity contribution in [2.75, 3.05) is 31.8 Å². The largest absolute Gasteiger partial charge is 0.397 e. The highest BCUT2D eigenvalue weighted by atomic mass is 31.2.